The van der Waals surface area contributed by atoms with Gasteiger partial charge in [0.25, 0.3) is 5.91 Å². The number of carbonyl (C=O) groups excluding carboxylic acids is 2. The van der Waals surface area contributed by atoms with E-state index in [1.165, 1.54) is 0 Å². The van der Waals surface area contributed by atoms with Crippen molar-refractivity contribution in [2.75, 3.05) is 13.1 Å². The van der Waals surface area contributed by atoms with Crippen LogP contribution in [0.5, 0.6) is 0 Å². The fraction of sp³-hybridized carbons (Fsp3) is 0.688. The Bertz CT molecular complexity index is 598. The molecule has 1 aromatic heterocycles. The van der Waals surface area contributed by atoms with E-state index >= 15 is 0 Å². The van der Waals surface area contributed by atoms with Crippen LogP contribution in [0.4, 0.5) is 0 Å². The van der Waals surface area contributed by atoms with Crippen LogP contribution in [0.3, 0.4) is 0 Å². The third-order valence-corrected chi connectivity index (χ3v) is 4.29. The lowest BCUT2D eigenvalue weighted by Gasteiger charge is -2.35. The quantitative estimate of drug-likeness (QED) is 0.842. The van der Waals surface area contributed by atoms with Gasteiger partial charge >= 0.3 is 0 Å². The van der Waals surface area contributed by atoms with E-state index in [9.17, 15) is 9.59 Å². The number of carbonyl (C=O) groups is 2. The lowest BCUT2D eigenvalue weighted by Crippen LogP contribution is -2.48. The Morgan fingerprint density at radius 3 is 2.55 bits per heavy atom. The zero-order chi connectivity index (χ0) is 15.9. The normalized spacial score (nSPS) is 24.4. The average Bonchev–Trinajstić information content (AvgIpc) is 3.00. The summed E-state index contributed by atoms with van der Waals surface area (Å²) in [4.78, 5) is 26.1. The highest BCUT2D eigenvalue weighted by Gasteiger charge is 2.32. The molecule has 0 radical (unpaired) electrons. The summed E-state index contributed by atoms with van der Waals surface area (Å²) < 4.78 is 7.42. The van der Waals surface area contributed by atoms with E-state index in [4.69, 9.17) is 4.74 Å². The number of Topliss-reactive ketones (excluding diaryl/α,β-unsaturated/α-hetero) is 1. The van der Waals surface area contributed by atoms with Crippen molar-refractivity contribution in [3.05, 3.63) is 17.0 Å². The minimum Gasteiger partial charge on any atom is -0.372 e. The van der Waals surface area contributed by atoms with Gasteiger partial charge in [0.2, 0.25) is 0 Å². The fourth-order valence-electron chi connectivity index (χ4n) is 3.52. The monoisotopic (exact) mass is 305 g/mol. The number of ether oxygens (including phenoxy) is 1. The first-order chi connectivity index (χ1) is 10.5. The largest absolute Gasteiger partial charge is 0.372 e. The molecule has 120 valence electrons. The van der Waals surface area contributed by atoms with Crippen molar-refractivity contribution in [3.8, 4) is 0 Å². The van der Waals surface area contributed by atoms with Crippen LogP contribution >= 0.6 is 0 Å². The van der Waals surface area contributed by atoms with E-state index in [0.29, 0.717) is 18.8 Å². The minimum absolute atomic E-state index is 0.0255. The van der Waals surface area contributed by atoms with Gasteiger partial charge in [-0.05, 0) is 40.0 Å². The predicted octanol–water partition coefficient (Wildman–Crippen LogP) is 1.21. The molecule has 6 heteroatoms. The van der Waals surface area contributed by atoms with Gasteiger partial charge in [-0.25, -0.2) is 0 Å². The summed E-state index contributed by atoms with van der Waals surface area (Å²) in [6.07, 6.45) is 2.89. The number of ketones is 1. The molecule has 2 unspecified atom stereocenters. The van der Waals surface area contributed by atoms with Crippen LogP contribution in [-0.4, -0.2) is 51.7 Å². The molecule has 1 saturated heterocycles. The molecule has 0 saturated carbocycles. The molecule has 2 atom stereocenters. The molecule has 2 aliphatic rings. The van der Waals surface area contributed by atoms with Crippen molar-refractivity contribution < 1.29 is 14.3 Å². The van der Waals surface area contributed by atoms with Crippen LogP contribution in [0.2, 0.25) is 0 Å². The van der Waals surface area contributed by atoms with Gasteiger partial charge in [-0.15, -0.1) is 0 Å². The number of morpholine rings is 1. The fourth-order valence-corrected chi connectivity index (χ4v) is 3.52. The summed E-state index contributed by atoms with van der Waals surface area (Å²) in [6, 6.07) is 0. The van der Waals surface area contributed by atoms with Crippen molar-refractivity contribution in [1.82, 2.24) is 14.7 Å². The van der Waals surface area contributed by atoms with Gasteiger partial charge in [-0.2, -0.15) is 5.10 Å². The third-order valence-electron chi connectivity index (χ3n) is 4.29. The molecular weight excluding hydrogens is 282 g/mol. The molecule has 1 aliphatic heterocycles. The zero-order valence-electron chi connectivity index (χ0n) is 13.5. The van der Waals surface area contributed by atoms with Crippen molar-refractivity contribution in [2.45, 2.75) is 58.8 Å². The van der Waals surface area contributed by atoms with Gasteiger partial charge in [0.15, 0.2) is 11.5 Å². The van der Waals surface area contributed by atoms with Crippen molar-refractivity contribution in [1.29, 1.82) is 0 Å². The standard InChI is InChI=1S/C16H23N3O3/c1-10(20)7-19-14-6-4-5-13(14)15(17-19)16(21)18-8-11(2)22-12(3)9-18/h11-12H,4-9H2,1-3H3. The molecule has 0 N–H and O–H groups in total. The molecule has 1 aliphatic carbocycles. The first-order valence-electron chi connectivity index (χ1n) is 7.98. The maximum absolute atomic E-state index is 12.9. The number of rotatable bonds is 3. The van der Waals surface area contributed by atoms with Crippen molar-refractivity contribution in [2.24, 2.45) is 0 Å². The third kappa shape index (κ3) is 2.79. The number of amides is 1. The predicted molar refractivity (Wildman–Crippen MR) is 80.8 cm³/mol. The molecule has 3 rings (SSSR count). The van der Waals surface area contributed by atoms with Gasteiger partial charge in [0, 0.05) is 24.3 Å². The highest BCUT2D eigenvalue weighted by molar-refractivity contribution is 5.94. The molecule has 2 heterocycles. The highest BCUT2D eigenvalue weighted by Crippen LogP contribution is 2.27. The smallest absolute Gasteiger partial charge is 0.274 e. The molecule has 1 fully saturated rings. The van der Waals surface area contributed by atoms with Gasteiger partial charge in [0.1, 0.15) is 0 Å². The number of nitrogens with zero attached hydrogens (tertiary/aromatic N) is 3. The second-order valence-corrected chi connectivity index (χ2v) is 6.45. The van der Waals surface area contributed by atoms with Crippen molar-refractivity contribution >= 4 is 11.7 Å². The van der Waals surface area contributed by atoms with Crippen LogP contribution in [0, 0.1) is 0 Å². The Morgan fingerprint density at radius 1 is 1.23 bits per heavy atom. The molecule has 1 amide bonds. The van der Waals surface area contributed by atoms with E-state index in [-0.39, 0.29) is 30.4 Å². The Balaban J connectivity index is 1.88. The van der Waals surface area contributed by atoms with E-state index in [0.717, 1.165) is 30.5 Å². The lowest BCUT2D eigenvalue weighted by molar-refractivity contribution is -0.117. The van der Waals surface area contributed by atoms with Crippen LogP contribution in [0.15, 0.2) is 0 Å². The first-order valence-corrected chi connectivity index (χ1v) is 7.98. The van der Waals surface area contributed by atoms with E-state index in [2.05, 4.69) is 5.10 Å². The summed E-state index contributed by atoms with van der Waals surface area (Å²) in [7, 11) is 0. The average molecular weight is 305 g/mol. The van der Waals surface area contributed by atoms with E-state index in [1.54, 1.807) is 11.6 Å². The summed E-state index contributed by atoms with van der Waals surface area (Å²) in [5.74, 6) is 0.0345. The summed E-state index contributed by atoms with van der Waals surface area (Å²) in [6.45, 7) is 6.96. The lowest BCUT2D eigenvalue weighted by atomic mass is 10.1. The Morgan fingerprint density at radius 2 is 1.91 bits per heavy atom. The van der Waals surface area contributed by atoms with Gasteiger partial charge in [0.05, 0.1) is 18.8 Å². The highest BCUT2D eigenvalue weighted by atomic mass is 16.5. The van der Waals surface area contributed by atoms with Crippen molar-refractivity contribution in [3.63, 3.8) is 0 Å². The first kappa shape index (κ1) is 15.2. The summed E-state index contributed by atoms with van der Waals surface area (Å²) >= 11 is 0. The second kappa shape index (κ2) is 5.83. The van der Waals surface area contributed by atoms with Crippen LogP contribution in [0.25, 0.3) is 0 Å². The van der Waals surface area contributed by atoms with E-state index < -0.39 is 0 Å². The van der Waals surface area contributed by atoms with Gasteiger partial charge in [-0.3, -0.25) is 14.3 Å². The SMILES string of the molecule is CC(=O)Cn1nc(C(=O)N2CC(C)OC(C)C2)c2c1CCC2. The van der Waals surface area contributed by atoms with Crippen LogP contribution in [-0.2, 0) is 28.9 Å². The van der Waals surface area contributed by atoms with Crippen LogP contribution < -0.4 is 0 Å². The number of aromatic nitrogens is 2. The van der Waals surface area contributed by atoms with Gasteiger partial charge < -0.3 is 9.64 Å². The summed E-state index contributed by atoms with van der Waals surface area (Å²) in [5.41, 5.74) is 2.64. The molecule has 0 bridgehead atoms. The Kier molecular flexibility index (Phi) is 4.04. The van der Waals surface area contributed by atoms with E-state index in [1.807, 2.05) is 18.7 Å². The number of fused-ring (bicyclic) bond motifs is 1. The minimum atomic E-state index is -0.0255. The molecule has 6 nitrogen and oxygen atoms in total. The van der Waals surface area contributed by atoms with Crippen LogP contribution in [0.1, 0.15) is 48.9 Å². The maximum Gasteiger partial charge on any atom is 0.274 e. The van der Waals surface area contributed by atoms with Gasteiger partial charge in [-0.1, -0.05) is 0 Å². The molecule has 0 spiro atoms. The Hall–Kier alpha value is -1.69. The second-order valence-electron chi connectivity index (χ2n) is 6.45. The molecule has 0 aromatic carbocycles. The number of hydrogen-bond donors (Lipinski definition) is 0. The Labute approximate surface area is 130 Å². The maximum atomic E-state index is 12.9. The molecular formula is C16H23N3O3. The molecule has 1 aromatic rings. The summed E-state index contributed by atoms with van der Waals surface area (Å²) in [5, 5.41) is 4.46. The number of hydrogen-bond acceptors (Lipinski definition) is 4. The zero-order valence-corrected chi connectivity index (χ0v) is 13.5. The topological polar surface area (TPSA) is 64.4 Å². The molecule has 22 heavy (non-hydrogen) atoms.